The van der Waals surface area contributed by atoms with Crippen LogP contribution in [0.2, 0.25) is 0 Å². The standard InChI is InChI=1S/C21H27N3O2/c1-2-14-13-24-9-6-15(14)11-20(24)21(26)17-5-7-23-19-4-3-16(12-18(17)19)22-8-10-25/h2-5,7,12,15,20-22,25-26H,6,8-11,13H2,1H3/b14-2-/t15-,20+,21-/m0/s1. The third kappa shape index (κ3) is 3.11. The molecule has 138 valence electrons. The van der Waals surface area contributed by atoms with E-state index in [1.165, 1.54) is 12.0 Å². The minimum atomic E-state index is -0.519. The Kier molecular flexibility index (Phi) is 4.94. The van der Waals surface area contributed by atoms with Crippen LogP contribution < -0.4 is 5.32 Å². The van der Waals surface area contributed by atoms with Gasteiger partial charge in [-0.2, -0.15) is 0 Å². The number of aromatic nitrogens is 1. The summed E-state index contributed by atoms with van der Waals surface area (Å²) in [5, 5.41) is 24.5. The fourth-order valence-corrected chi connectivity index (χ4v) is 4.54. The fourth-order valence-electron chi connectivity index (χ4n) is 4.54. The topological polar surface area (TPSA) is 68.6 Å². The smallest absolute Gasteiger partial charge is 0.0952 e. The number of hydrogen-bond donors (Lipinski definition) is 3. The highest BCUT2D eigenvalue weighted by Crippen LogP contribution is 2.41. The molecule has 0 spiro atoms. The molecule has 5 heteroatoms. The normalized spacial score (nSPS) is 27.8. The zero-order valence-corrected chi connectivity index (χ0v) is 15.2. The second kappa shape index (κ2) is 7.35. The van der Waals surface area contributed by atoms with Crippen molar-refractivity contribution in [1.29, 1.82) is 0 Å². The van der Waals surface area contributed by atoms with Gasteiger partial charge in [0.1, 0.15) is 0 Å². The highest BCUT2D eigenvalue weighted by Gasteiger charge is 2.40. The SMILES string of the molecule is C/C=C1/CN2CC[C@H]1C[C@@H]2[C@@H](O)c1ccnc2ccc(NCCO)cc12. The van der Waals surface area contributed by atoms with Gasteiger partial charge in [0.15, 0.2) is 0 Å². The Hall–Kier alpha value is -1.95. The van der Waals surface area contributed by atoms with Gasteiger partial charge in [0.05, 0.1) is 18.2 Å². The van der Waals surface area contributed by atoms with Gasteiger partial charge in [0, 0.05) is 36.4 Å². The van der Waals surface area contributed by atoms with Crippen LogP contribution in [-0.4, -0.2) is 52.4 Å². The quantitative estimate of drug-likeness (QED) is 0.721. The number of pyridine rings is 1. The largest absolute Gasteiger partial charge is 0.395 e. The van der Waals surface area contributed by atoms with E-state index in [4.69, 9.17) is 5.11 Å². The Morgan fingerprint density at radius 2 is 2.27 bits per heavy atom. The predicted octanol–water partition coefficient (Wildman–Crippen LogP) is 2.71. The van der Waals surface area contributed by atoms with Crippen molar-refractivity contribution in [3.05, 3.63) is 47.7 Å². The second-order valence-corrected chi connectivity index (χ2v) is 7.35. The summed E-state index contributed by atoms with van der Waals surface area (Å²) in [5.74, 6) is 0.611. The van der Waals surface area contributed by atoms with Crippen molar-refractivity contribution >= 4 is 16.6 Å². The predicted molar refractivity (Wildman–Crippen MR) is 104 cm³/mol. The summed E-state index contributed by atoms with van der Waals surface area (Å²) in [6.07, 6.45) is 5.74. The molecule has 3 N–H and O–H groups in total. The molecule has 0 aliphatic carbocycles. The molecule has 3 aliphatic heterocycles. The molecule has 2 bridgehead atoms. The molecule has 3 aliphatic rings. The van der Waals surface area contributed by atoms with Gasteiger partial charge in [-0.05, 0) is 62.1 Å². The molecule has 3 fully saturated rings. The van der Waals surface area contributed by atoms with Crippen LogP contribution in [0.15, 0.2) is 42.1 Å². The van der Waals surface area contributed by atoms with Crippen LogP contribution in [0.5, 0.6) is 0 Å². The van der Waals surface area contributed by atoms with Crippen LogP contribution in [-0.2, 0) is 0 Å². The summed E-state index contributed by atoms with van der Waals surface area (Å²) < 4.78 is 0. The molecule has 0 radical (unpaired) electrons. The van der Waals surface area contributed by atoms with Crippen molar-refractivity contribution in [2.75, 3.05) is 31.6 Å². The molecule has 1 aromatic carbocycles. The number of piperidine rings is 3. The lowest BCUT2D eigenvalue weighted by Crippen LogP contribution is -2.52. The minimum absolute atomic E-state index is 0.0895. The average Bonchev–Trinajstić information content (AvgIpc) is 2.71. The molecule has 2 aromatic rings. The number of fused-ring (bicyclic) bond motifs is 4. The fraction of sp³-hybridized carbons (Fsp3) is 0.476. The van der Waals surface area contributed by atoms with Crippen LogP contribution in [0, 0.1) is 5.92 Å². The molecule has 0 amide bonds. The van der Waals surface area contributed by atoms with E-state index in [9.17, 15) is 5.11 Å². The zero-order valence-electron chi connectivity index (χ0n) is 15.2. The summed E-state index contributed by atoms with van der Waals surface area (Å²) in [7, 11) is 0. The van der Waals surface area contributed by atoms with E-state index in [-0.39, 0.29) is 12.6 Å². The number of rotatable bonds is 5. The van der Waals surface area contributed by atoms with Crippen LogP contribution in [0.1, 0.15) is 31.4 Å². The van der Waals surface area contributed by atoms with Crippen LogP contribution in [0.3, 0.4) is 0 Å². The summed E-state index contributed by atoms with van der Waals surface area (Å²) in [4.78, 5) is 6.88. The number of benzene rings is 1. The molecule has 1 unspecified atom stereocenters. The number of anilines is 1. The first-order chi connectivity index (χ1) is 12.7. The maximum Gasteiger partial charge on any atom is 0.0952 e. The summed E-state index contributed by atoms with van der Waals surface area (Å²) in [6.45, 7) is 4.77. The molecule has 3 saturated heterocycles. The van der Waals surface area contributed by atoms with Gasteiger partial charge in [-0.1, -0.05) is 11.6 Å². The number of aliphatic hydroxyl groups is 2. The van der Waals surface area contributed by atoms with Gasteiger partial charge in [-0.15, -0.1) is 0 Å². The second-order valence-electron chi connectivity index (χ2n) is 7.35. The van der Waals surface area contributed by atoms with Gasteiger partial charge in [-0.25, -0.2) is 0 Å². The lowest BCUT2D eigenvalue weighted by atomic mass is 9.76. The Balaban J connectivity index is 1.65. The van der Waals surface area contributed by atoms with Crippen molar-refractivity contribution in [2.45, 2.75) is 31.9 Å². The average molecular weight is 353 g/mol. The lowest BCUT2D eigenvalue weighted by Gasteiger charge is -2.48. The maximum atomic E-state index is 11.2. The first kappa shape index (κ1) is 17.5. The Labute approximate surface area is 154 Å². The van der Waals surface area contributed by atoms with Gasteiger partial charge >= 0.3 is 0 Å². The van der Waals surface area contributed by atoms with Crippen LogP contribution in [0.25, 0.3) is 10.9 Å². The van der Waals surface area contributed by atoms with Crippen molar-refractivity contribution in [3.8, 4) is 0 Å². The zero-order chi connectivity index (χ0) is 18.1. The monoisotopic (exact) mass is 353 g/mol. The minimum Gasteiger partial charge on any atom is -0.395 e. The summed E-state index contributed by atoms with van der Waals surface area (Å²) in [6, 6.07) is 8.08. The molecule has 1 aromatic heterocycles. The molecule has 4 heterocycles. The van der Waals surface area contributed by atoms with E-state index in [0.717, 1.165) is 41.7 Å². The van der Waals surface area contributed by atoms with E-state index in [1.54, 1.807) is 6.20 Å². The van der Waals surface area contributed by atoms with Crippen LogP contribution >= 0.6 is 0 Å². The van der Waals surface area contributed by atoms with Crippen molar-refractivity contribution in [2.24, 2.45) is 5.92 Å². The molecule has 4 atom stereocenters. The number of aliphatic hydroxyl groups excluding tert-OH is 2. The summed E-state index contributed by atoms with van der Waals surface area (Å²) in [5.41, 5.74) is 4.30. The number of nitrogens with one attached hydrogen (secondary N) is 1. The third-order valence-electron chi connectivity index (χ3n) is 5.94. The van der Waals surface area contributed by atoms with E-state index in [1.807, 2.05) is 24.3 Å². The van der Waals surface area contributed by atoms with Gasteiger partial charge in [-0.3, -0.25) is 9.88 Å². The summed E-state index contributed by atoms with van der Waals surface area (Å²) >= 11 is 0. The van der Waals surface area contributed by atoms with Crippen molar-refractivity contribution < 1.29 is 10.2 Å². The van der Waals surface area contributed by atoms with E-state index >= 15 is 0 Å². The number of nitrogens with zero attached hydrogens (tertiary/aromatic N) is 2. The van der Waals surface area contributed by atoms with Crippen molar-refractivity contribution in [1.82, 2.24) is 9.88 Å². The van der Waals surface area contributed by atoms with Crippen LogP contribution in [0.4, 0.5) is 5.69 Å². The van der Waals surface area contributed by atoms with Gasteiger partial charge in [0.25, 0.3) is 0 Å². The molecule has 5 rings (SSSR count). The van der Waals surface area contributed by atoms with E-state index in [0.29, 0.717) is 12.5 Å². The van der Waals surface area contributed by atoms with E-state index < -0.39 is 6.10 Å². The molecular weight excluding hydrogens is 326 g/mol. The highest BCUT2D eigenvalue weighted by atomic mass is 16.3. The molecule has 0 saturated carbocycles. The lowest BCUT2D eigenvalue weighted by molar-refractivity contribution is -0.00340. The van der Waals surface area contributed by atoms with Crippen molar-refractivity contribution in [3.63, 3.8) is 0 Å². The maximum absolute atomic E-state index is 11.2. The van der Waals surface area contributed by atoms with E-state index in [2.05, 4.69) is 28.2 Å². The van der Waals surface area contributed by atoms with Gasteiger partial charge in [0.2, 0.25) is 0 Å². The number of hydrogen-bond acceptors (Lipinski definition) is 5. The highest BCUT2D eigenvalue weighted by molar-refractivity contribution is 5.85. The molecule has 26 heavy (non-hydrogen) atoms. The Morgan fingerprint density at radius 1 is 1.38 bits per heavy atom. The first-order valence-corrected chi connectivity index (χ1v) is 9.52. The molecule has 5 nitrogen and oxygen atoms in total. The van der Waals surface area contributed by atoms with Gasteiger partial charge < -0.3 is 15.5 Å². The number of allylic oxidation sites excluding steroid dienone is 1. The Bertz CT molecular complexity index is 820. The Morgan fingerprint density at radius 3 is 3.00 bits per heavy atom. The molecular formula is C21H27N3O2. The third-order valence-corrected chi connectivity index (χ3v) is 5.94. The first-order valence-electron chi connectivity index (χ1n) is 9.52.